The number of sulfonamides is 1. The minimum atomic E-state index is -3.22. The van der Waals surface area contributed by atoms with Crippen LogP contribution < -0.4 is 9.62 Å². The zero-order chi connectivity index (χ0) is 13.6. The van der Waals surface area contributed by atoms with Gasteiger partial charge in [-0.1, -0.05) is 25.1 Å². The number of hydrogen-bond donors (Lipinski definition) is 1. The first-order valence-electron chi connectivity index (χ1n) is 6.21. The Hall–Kier alpha value is -1.07. The Labute approximate surface area is 110 Å². The molecule has 0 aliphatic heterocycles. The summed E-state index contributed by atoms with van der Waals surface area (Å²) in [5.74, 6) is 0. The average Bonchev–Trinajstić information content (AvgIpc) is 2.29. The third-order valence-electron chi connectivity index (χ3n) is 2.75. The van der Waals surface area contributed by atoms with E-state index in [1.54, 1.807) is 0 Å². The Bertz CT molecular complexity index is 472. The van der Waals surface area contributed by atoms with Crippen LogP contribution in [0.5, 0.6) is 0 Å². The van der Waals surface area contributed by atoms with Crippen molar-refractivity contribution >= 4 is 15.7 Å². The van der Waals surface area contributed by atoms with Gasteiger partial charge < -0.3 is 5.32 Å². The van der Waals surface area contributed by atoms with Crippen molar-refractivity contribution in [1.82, 2.24) is 5.32 Å². The van der Waals surface area contributed by atoms with E-state index in [-0.39, 0.29) is 0 Å². The van der Waals surface area contributed by atoms with E-state index in [2.05, 4.69) is 5.32 Å². The van der Waals surface area contributed by atoms with Gasteiger partial charge in [-0.2, -0.15) is 0 Å². The predicted octanol–water partition coefficient (Wildman–Crippen LogP) is 1.76. The summed E-state index contributed by atoms with van der Waals surface area (Å²) >= 11 is 0. The van der Waals surface area contributed by atoms with E-state index in [0.29, 0.717) is 6.54 Å². The van der Waals surface area contributed by atoms with E-state index in [4.69, 9.17) is 0 Å². The van der Waals surface area contributed by atoms with Gasteiger partial charge in [-0.05, 0) is 38.1 Å². The van der Waals surface area contributed by atoms with Crippen molar-refractivity contribution in [3.05, 3.63) is 29.8 Å². The molecule has 5 heteroatoms. The summed E-state index contributed by atoms with van der Waals surface area (Å²) < 4.78 is 25.2. The molecule has 18 heavy (non-hydrogen) atoms. The molecule has 4 nitrogen and oxygen atoms in total. The standard InChI is InChI=1S/C13H22N2O2S/c1-4-14-10-7-11-15(18(3,16)17)13-9-6-5-8-12(13)2/h5-6,8-9,14H,4,7,10-11H2,1-3H3. The van der Waals surface area contributed by atoms with Crippen molar-refractivity contribution in [2.45, 2.75) is 20.3 Å². The van der Waals surface area contributed by atoms with Crippen molar-refractivity contribution in [3.63, 3.8) is 0 Å². The highest BCUT2D eigenvalue weighted by Gasteiger charge is 2.17. The van der Waals surface area contributed by atoms with Crippen LogP contribution in [0, 0.1) is 6.92 Å². The van der Waals surface area contributed by atoms with Crippen molar-refractivity contribution < 1.29 is 8.42 Å². The van der Waals surface area contributed by atoms with E-state index < -0.39 is 10.0 Å². The summed E-state index contributed by atoms with van der Waals surface area (Å²) in [4.78, 5) is 0. The van der Waals surface area contributed by atoms with Gasteiger partial charge in [0, 0.05) is 6.54 Å². The third kappa shape index (κ3) is 4.31. The van der Waals surface area contributed by atoms with E-state index in [0.717, 1.165) is 30.8 Å². The normalized spacial score (nSPS) is 11.5. The van der Waals surface area contributed by atoms with E-state index in [9.17, 15) is 8.42 Å². The molecular weight excluding hydrogens is 248 g/mol. The quantitative estimate of drug-likeness (QED) is 0.768. The molecule has 0 spiro atoms. The number of nitrogens with one attached hydrogen (secondary N) is 1. The molecule has 0 aliphatic carbocycles. The lowest BCUT2D eigenvalue weighted by Gasteiger charge is -2.24. The second-order valence-electron chi connectivity index (χ2n) is 4.33. The van der Waals surface area contributed by atoms with Gasteiger partial charge in [-0.3, -0.25) is 4.31 Å². The maximum atomic E-state index is 11.9. The Morgan fingerprint density at radius 2 is 1.94 bits per heavy atom. The lowest BCUT2D eigenvalue weighted by Crippen LogP contribution is -2.33. The minimum Gasteiger partial charge on any atom is -0.317 e. The Morgan fingerprint density at radius 3 is 2.50 bits per heavy atom. The molecule has 0 aliphatic rings. The molecule has 1 rings (SSSR count). The molecule has 0 saturated heterocycles. The number of nitrogens with zero attached hydrogens (tertiary/aromatic N) is 1. The minimum absolute atomic E-state index is 0.511. The van der Waals surface area contributed by atoms with E-state index >= 15 is 0 Å². The van der Waals surface area contributed by atoms with E-state index in [1.165, 1.54) is 10.6 Å². The number of rotatable bonds is 7. The molecule has 1 aromatic rings. The van der Waals surface area contributed by atoms with Crippen LogP contribution in [-0.2, 0) is 10.0 Å². The highest BCUT2D eigenvalue weighted by molar-refractivity contribution is 7.92. The van der Waals surface area contributed by atoms with Crippen molar-refractivity contribution in [2.24, 2.45) is 0 Å². The maximum Gasteiger partial charge on any atom is 0.232 e. The molecule has 0 aromatic heterocycles. The van der Waals surface area contributed by atoms with Crippen LogP contribution in [0.3, 0.4) is 0 Å². The first-order valence-corrected chi connectivity index (χ1v) is 8.05. The highest BCUT2D eigenvalue weighted by atomic mass is 32.2. The van der Waals surface area contributed by atoms with E-state index in [1.807, 2.05) is 38.1 Å². The van der Waals surface area contributed by atoms with Crippen LogP contribution in [0.25, 0.3) is 0 Å². The predicted molar refractivity (Wildman–Crippen MR) is 76.5 cm³/mol. The van der Waals surface area contributed by atoms with Gasteiger partial charge in [-0.25, -0.2) is 8.42 Å². The molecule has 0 heterocycles. The van der Waals surface area contributed by atoms with Gasteiger partial charge in [0.25, 0.3) is 0 Å². The molecular formula is C13H22N2O2S. The molecule has 102 valence electrons. The first kappa shape index (κ1) is 15.0. The largest absolute Gasteiger partial charge is 0.317 e. The number of para-hydroxylation sites is 1. The summed E-state index contributed by atoms with van der Waals surface area (Å²) in [5, 5.41) is 3.20. The molecule has 0 saturated carbocycles. The van der Waals surface area contributed by atoms with Crippen LogP contribution in [-0.4, -0.2) is 34.3 Å². The Kier molecular flexibility index (Phi) is 5.62. The van der Waals surface area contributed by atoms with Gasteiger partial charge in [-0.15, -0.1) is 0 Å². The van der Waals surface area contributed by atoms with Crippen LogP contribution in [0.1, 0.15) is 18.9 Å². The summed E-state index contributed by atoms with van der Waals surface area (Å²) in [6, 6.07) is 7.56. The zero-order valence-corrected chi connectivity index (χ0v) is 12.1. The SMILES string of the molecule is CCNCCCN(c1ccccc1C)S(C)(=O)=O. The lowest BCUT2D eigenvalue weighted by atomic mass is 10.2. The summed E-state index contributed by atoms with van der Waals surface area (Å²) in [7, 11) is -3.22. The summed E-state index contributed by atoms with van der Waals surface area (Å²) in [6.07, 6.45) is 2.06. The number of benzene rings is 1. The summed E-state index contributed by atoms with van der Waals surface area (Å²) in [5.41, 5.74) is 1.75. The van der Waals surface area contributed by atoms with Gasteiger partial charge >= 0.3 is 0 Å². The topological polar surface area (TPSA) is 49.4 Å². The molecule has 0 unspecified atom stereocenters. The van der Waals surface area contributed by atoms with Crippen LogP contribution in [0.15, 0.2) is 24.3 Å². The van der Waals surface area contributed by atoms with Crippen LogP contribution >= 0.6 is 0 Å². The molecule has 1 aromatic carbocycles. The van der Waals surface area contributed by atoms with Crippen molar-refractivity contribution in [1.29, 1.82) is 0 Å². The monoisotopic (exact) mass is 270 g/mol. The molecule has 0 radical (unpaired) electrons. The molecule has 0 bridgehead atoms. The maximum absolute atomic E-state index is 11.9. The van der Waals surface area contributed by atoms with Gasteiger partial charge in [0.05, 0.1) is 11.9 Å². The van der Waals surface area contributed by atoms with Gasteiger partial charge in [0.1, 0.15) is 0 Å². The lowest BCUT2D eigenvalue weighted by molar-refractivity contribution is 0.592. The second kappa shape index (κ2) is 6.75. The Balaban J connectivity index is 2.84. The van der Waals surface area contributed by atoms with Crippen LogP contribution in [0.4, 0.5) is 5.69 Å². The van der Waals surface area contributed by atoms with Crippen molar-refractivity contribution in [3.8, 4) is 0 Å². The molecule has 0 amide bonds. The van der Waals surface area contributed by atoms with Crippen molar-refractivity contribution in [2.75, 3.05) is 30.2 Å². The fourth-order valence-corrected chi connectivity index (χ4v) is 2.86. The average molecular weight is 270 g/mol. The van der Waals surface area contributed by atoms with Crippen LogP contribution in [0.2, 0.25) is 0 Å². The number of hydrogen-bond acceptors (Lipinski definition) is 3. The molecule has 0 atom stereocenters. The zero-order valence-electron chi connectivity index (χ0n) is 11.3. The highest BCUT2D eigenvalue weighted by Crippen LogP contribution is 2.21. The third-order valence-corrected chi connectivity index (χ3v) is 3.93. The fourth-order valence-electron chi connectivity index (χ4n) is 1.83. The first-order chi connectivity index (χ1) is 8.46. The summed E-state index contributed by atoms with van der Waals surface area (Å²) in [6.45, 7) is 6.21. The molecule has 1 N–H and O–H groups in total. The fraction of sp³-hybridized carbons (Fsp3) is 0.538. The number of aryl methyl sites for hydroxylation is 1. The second-order valence-corrected chi connectivity index (χ2v) is 6.24. The Morgan fingerprint density at radius 1 is 1.28 bits per heavy atom. The number of anilines is 1. The van der Waals surface area contributed by atoms with Gasteiger partial charge in [0.2, 0.25) is 10.0 Å². The van der Waals surface area contributed by atoms with Gasteiger partial charge in [0.15, 0.2) is 0 Å². The smallest absolute Gasteiger partial charge is 0.232 e. The molecule has 0 fully saturated rings.